The van der Waals surface area contributed by atoms with E-state index in [0.29, 0.717) is 0 Å². The molecule has 0 aliphatic carbocycles. The number of rotatable bonds is 3. The molecule has 1 atom stereocenters. The van der Waals surface area contributed by atoms with Crippen molar-refractivity contribution < 1.29 is 0 Å². The summed E-state index contributed by atoms with van der Waals surface area (Å²) in [6, 6.07) is 2.12. The van der Waals surface area contributed by atoms with Gasteiger partial charge in [0.15, 0.2) is 0 Å². The van der Waals surface area contributed by atoms with Crippen LogP contribution in [0.15, 0.2) is 12.4 Å². The molecule has 1 saturated heterocycles. The summed E-state index contributed by atoms with van der Waals surface area (Å²) in [7, 11) is 0. The Kier molecular flexibility index (Phi) is 4.16. The summed E-state index contributed by atoms with van der Waals surface area (Å²) < 4.78 is 0. The first-order valence-corrected chi connectivity index (χ1v) is 7.07. The van der Waals surface area contributed by atoms with Gasteiger partial charge in [0.1, 0.15) is 12.1 Å². The lowest BCUT2D eigenvalue weighted by atomic mass is 10.0. The number of alkyl halides is 1. The fraction of sp³-hybridized carbons (Fsp3) is 0.667. The maximum absolute atomic E-state index is 4.38. The molecule has 0 amide bonds. The Morgan fingerprint density at radius 2 is 2.38 bits per heavy atom. The molecule has 88 valence electrons. The molecule has 0 N–H and O–H groups in total. The van der Waals surface area contributed by atoms with Crippen LogP contribution in [-0.4, -0.2) is 28.4 Å². The molecule has 0 bridgehead atoms. The number of piperidine rings is 1. The lowest BCUT2D eigenvalue weighted by Crippen LogP contribution is -2.36. The van der Waals surface area contributed by atoms with Crippen molar-refractivity contribution in [2.75, 3.05) is 23.3 Å². The molecular formula is C12H18BrN3. The van der Waals surface area contributed by atoms with Gasteiger partial charge in [-0.05, 0) is 25.2 Å². The molecule has 1 aliphatic heterocycles. The summed E-state index contributed by atoms with van der Waals surface area (Å²) in [6.45, 7) is 4.37. The van der Waals surface area contributed by atoms with Crippen LogP contribution in [0.25, 0.3) is 0 Å². The van der Waals surface area contributed by atoms with Crippen LogP contribution >= 0.6 is 15.9 Å². The van der Waals surface area contributed by atoms with E-state index in [2.05, 4.69) is 43.8 Å². The second-order valence-corrected chi connectivity index (χ2v) is 4.98. The molecule has 16 heavy (non-hydrogen) atoms. The predicted molar refractivity (Wildman–Crippen MR) is 70.1 cm³/mol. The third-order valence-corrected chi connectivity index (χ3v) is 4.05. The van der Waals surface area contributed by atoms with Gasteiger partial charge in [-0.15, -0.1) is 0 Å². The Labute approximate surface area is 105 Å². The number of aromatic nitrogens is 2. The van der Waals surface area contributed by atoms with Gasteiger partial charge in [0.25, 0.3) is 0 Å². The molecule has 1 unspecified atom stereocenters. The second kappa shape index (κ2) is 5.62. The molecule has 4 heteroatoms. The van der Waals surface area contributed by atoms with Crippen LogP contribution in [0, 0.1) is 5.92 Å². The summed E-state index contributed by atoms with van der Waals surface area (Å²) in [4.78, 5) is 11.0. The van der Waals surface area contributed by atoms with E-state index in [4.69, 9.17) is 0 Å². The van der Waals surface area contributed by atoms with Crippen LogP contribution in [0.2, 0.25) is 0 Å². The predicted octanol–water partition coefficient (Wildman–Crippen LogP) is 2.65. The third kappa shape index (κ3) is 2.73. The number of nitrogens with zero attached hydrogens (tertiary/aromatic N) is 3. The first-order valence-electron chi connectivity index (χ1n) is 5.95. The zero-order valence-corrected chi connectivity index (χ0v) is 11.3. The fourth-order valence-corrected chi connectivity index (χ4v) is 2.68. The van der Waals surface area contributed by atoms with E-state index in [-0.39, 0.29) is 0 Å². The van der Waals surface area contributed by atoms with Crippen molar-refractivity contribution in [2.45, 2.75) is 26.2 Å². The van der Waals surface area contributed by atoms with Gasteiger partial charge in [-0.2, -0.15) is 0 Å². The summed E-state index contributed by atoms with van der Waals surface area (Å²) in [5.74, 6) is 1.85. The molecule has 0 spiro atoms. The van der Waals surface area contributed by atoms with Crippen LogP contribution in [-0.2, 0) is 6.42 Å². The van der Waals surface area contributed by atoms with E-state index in [1.54, 1.807) is 6.33 Å². The van der Waals surface area contributed by atoms with E-state index < -0.39 is 0 Å². The van der Waals surface area contributed by atoms with Gasteiger partial charge in [-0.1, -0.05) is 22.9 Å². The largest absolute Gasteiger partial charge is 0.356 e. The lowest BCUT2D eigenvalue weighted by molar-refractivity contribution is 0.452. The van der Waals surface area contributed by atoms with E-state index in [1.807, 2.05) is 0 Å². The number of halogens is 1. The smallest absolute Gasteiger partial charge is 0.132 e. The van der Waals surface area contributed by atoms with E-state index in [0.717, 1.165) is 42.3 Å². The van der Waals surface area contributed by atoms with Crippen molar-refractivity contribution in [2.24, 2.45) is 5.92 Å². The number of hydrogen-bond acceptors (Lipinski definition) is 3. The molecule has 2 rings (SSSR count). The normalized spacial score (nSPS) is 21.1. The minimum Gasteiger partial charge on any atom is -0.356 e. The number of aryl methyl sites for hydroxylation is 1. The molecule has 0 saturated carbocycles. The Bertz CT molecular complexity index is 343. The Balaban J connectivity index is 2.10. The number of anilines is 1. The SMILES string of the molecule is CCc1cc(N2CCCC(CBr)C2)ncn1. The molecule has 1 aromatic heterocycles. The maximum atomic E-state index is 4.38. The zero-order valence-electron chi connectivity index (χ0n) is 9.69. The quantitative estimate of drug-likeness (QED) is 0.799. The van der Waals surface area contributed by atoms with Crippen molar-refractivity contribution in [3.63, 3.8) is 0 Å². The molecule has 1 aromatic rings. The summed E-state index contributed by atoms with van der Waals surface area (Å²) in [5.41, 5.74) is 1.13. The fourth-order valence-electron chi connectivity index (χ4n) is 2.15. The van der Waals surface area contributed by atoms with Crippen LogP contribution in [0.3, 0.4) is 0 Å². The average Bonchev–Trinajstić information content (AvgIpc) is 2.39. The monoisotopic (exact) mass is 283 g/mol. The summed E-state index contributed by atoms with van der Waals surface area (Å²) in [6.07, 6.45) is 5.26. The standard InChI is InChI=1S/C12H18BrN3/c1-2-11-6-12(15-9-14-11)16-5-3-4-10(7-13)8-16/h6,9-10H,2-5,7-8H2,1H3. The highest BCUT2D eigenvalue weighted by Gasteiger charge is 2.20. The van der Waals surface area contributed by atoms with Gasteiger partial charge >= 0.3 is 0 Å². The maximum Gasteiger partial charge on any atom is 0.132 e. The third-order valence-electron chi connectivity index (χ3n) is 3.13. The first kappa shape index (κ1) is 11.8. The van der Waals surface area contributed by atoms with Gasteiger partial charge in [-0.25, -0.2) is 9.97 Å². The van der Waals surface area contributed by atoms with Crippen molar-refractivity contribution in [3.8, 4) is 0 Å². The highest BCUT2D eigenvalue weighted by atomic mass is 79.9. The van der Waals surface area contributed by atoms with E-state index in [1.165, 1.54) is 12.8 Å². The number of hydrogen-bond donors (Lipinski definition) is 0. The minimum atomic E-state index is 0.758. The average molecular weight is 284 g/mol. The second-order valence-electron chi connectivity index (χ2n) is 4.33. The van der Waals surface area contributed by atoms with Gasteiger partial charge in [0.2, 0.25) is 0 Å². The van der Waals surface area contributed by atoms with Crippen molar-refractivity contribution >= 4 is 21.7 Å². The summed E-state index contributed by atoms with van der Waals surface area (Å²) >= 11 is 3.58. The van der Waals surface area contributed by atoms with Crippen molar-refractivity contribution in [3.05, 3.63) is 18.1 Å². The summed E-state index contributed by atoms with van der Waals surface area (Å²) in [5, 5.41) is 1.09. The first-order chi connectivity index (χ1) is 7.83. The molecule has 2 heterocycles. The molecule has 1 fully saturated rings. The lowest BCUT2D eigenvalue weighted by Gasteiger charge is -2.32. The van der Waals surface area contributed by atoms with Crippen LogP contribution in [0.5, 0.6) is 0 Å². The van der Waals surface area contributed by atoms with Gasteiger partial charge < -0.3 is 4.90 Å². The van der Waals surface area contributed by atoms with E-state index >= 15 is 0 Å². The zero-order chi connectivity index (χ0) is 11.4. The molecule has 3 nitrogen and oxygen atoms in total. The van der Waals surface area contributed by atoms with Gasteiger partial charge in [0.05, 0.1) is 0 Å². The molecular weight excluding hydrogens is 266 g/mol. The highest BCUT2D eigenvalue weighted by molar-refractivity contribution is 9.09. The Morgan fingerprint density at radius 3 is 3.12 bits per heavy atom. The highest BCUT2D eigenvalue weighted by Crippen LogP contribution is 2.22. The van der Waals surface area contributed by atoms with Crippen LogP contribution in [0.1, 0.15) is 25.5 Å². The Hall–Kier alpha value is -0.640. The van der Waals surface area contributed by atoms with Gasteiger partial charge in [0, 0.05) is 30.2 Å². The molecule has 0 aromatic carbocycles. The van der Waals surface area contributed by atoms with Gasteiger partial charge in [-0.3, -0.25) is 0 Å². The van der Waals surface area contributed by atoms with Crippen LogP contribution < -0.4 is 4.90 Å². The molecule has 0 radical (unpaired) electrons. The topological polar surface area (TPSA) is 29.0 Å². The minimum absolute atomic E-state index is 0.758. The van der Waals surface area contributed by atoms with Crippen molar-refractivity contribution in [1.29, 1.82) is 0 Å². The molecule has 1 aliphatic rings. The Morgan fingerprint density at radius 1 is 1.50 bits per heavy atom. The van der Waals surface area contributed by atoms with Crippen molar-refractivity contribution in [1.82, 2.24) is 9.97 Å². The van der Waals surface area contributed by atoms with Crippen LogP contribution in [0.4, 0.5) is 5.82 Å². The van der Waals surface area contributed by atoms with E-state index in [9.17, 15) is 0 Å².